The highest BCUT2D eigenvalue weighted by Gasteiger charge is 2.51. The van der Waals surface area contributed by atoms with Crippen LogP contribution in [0.15, 0.2) is 48.5 Å². The number of aliphatic hydroxyl groups is 1. The van der Waals surface area contributed by atoms with Crippen LogP contribution in [0.5, 0.6) is 0 Å². The molecule has 3 nitrogen and oxygen atoms in total. The maximum Gasteiger partial charge on any atom is 0.271 e. The van der Waals surface area contributed by atoms with Crippen LogP contribution in [-0.4, -0.2) is 28.6 Å². The third-order valence-corrected chi connectivity index (χ3v) is 5.59. The molecule has 0 bridgehead atoms. The molecule has 0 fully saturated rings. The molecule has 0 amide bonds. The van der Waals surface area contributed by atoms with Crippen molar-refractivity contribution in [2.75, 3.05) is 18.0 Å². The van der Waals surface area contributed by atoms with Crippen molar-refractivity contribution >= 4 is 11.5 Å². The van der Waals surface area contributed by atoms with E-state index >= 15 is 0 Å². The smallest absolute Gasteiger partial charge is 0.271 e. The lowest BCUT2D eigenvalue weighted by Crippen LogP contribution is -2.41. The van der Waals surface area contributed by atoms with Crippen LogP contribution in [0.3, 0.4) is 0 Å². The third kappa shape index (κ3) is 2.87. The van der Waals surface area contributed by atoms with Crippen molar-refractivity contribution in [2.45, 2.75) is 45.3 Å². The molecule has 0 radical (unpaired) electrons. The molecule has 25 heavy (non-hydrogen) atoms. The molecule has 1 N–H and O–H groups in total. The molecule has 2 aromatic rings. The van der Waals surface area contributed by atoms with Crippen LogP contribution in [-0.2, 0) is 5.72 Å². The van der Waals surface area contributed by atoms with Gasteiger partial charge in [0.15, 0.2) is 6.54 Å². The number of benzene rings is 2. The van der Waals surface area contributed by atoms with E-state index < -0.39 is 5.72 Å². The van der Waals surface area contributed by atoms with Crippen molar-refractivity contribution in [2.24, 2.45) is 0 Å². The zero-order valence-electron chi connectivity index (χ0n) is 15.2. The van der Waals surface area contributed by atoms with Crippen molar-refractivity contribution in [3.63, 3.8) is 0 Å². The van der Waals surface area contributed by atoms with Crippen LogP contribution >= 0.6 is 0 Å². The lowest BCUT2D eigenvalue weighted by molar-refractivity contribution is -0.658. The fourth-order valence-electron chi connectivity index (χ4n) is 4.10. The summed E-state index contributed by atoms with van der Waals surface area (Å²) in [7, 11) is 0. The summed E-state index contributed by atoms with van der Waals surface area (Å²) >= 11 is 0. The van der Waals surface area contributed by atoms with Gasteiger partial charge < -0.3 is 5.11 Å². The quantitative estimate of drug-likeness (QED) is 0.841. The second-order valence-corrected chi connectivity index (χ2v) is 7.48. The largest absolute Gasteiger partial charge is 0.346 e. The highest BCUT2D eigenvalue weighted by Crippen LogP contribution is 2.35. The number of nitrogens with zero attached hydrogens (tertiary/aromatic N) is 2. The Balaban J connectivity index is 1.79. The van der Waals surface area contributed by atoms with Crippen LogP contribution in [0.2, 0.25) is 0 Å². The van der Waals surface area contributed by atoms with E-state index in [4.69, 9.17) is 0 Å². The van der Waals surface area contributed by atoms with Gasteiger partial charge >= 0.3 is 0 Å². The number of aryl methyl sites for hydroxylation is 2. The van der Waals surface area contributed by atoms with Gasteiger partial charge in [-0.15, -0.1) is 0 Å². The van der Waals surface area contributed by atoms with E-state index in [1.807, 2.05) is 0 Å². The third-order valence-electron chi connectivity index (χ3n) is 5.59. The Hall–Kier alpha value is -2.13. The van der Waals surface area contributed by atoms with Crippen molar-refractivity contribution in [1.82, 2.24) is 0 Å². The van der Waals surface area contributed by atoms with Crippen LogP contribution in [0.1, 0.15) is 42.4 Å². The molecular weight excluding hydrogens is 308 g/mol. The van der Waals surface area contributed by atoms with Gasteiger partial charge in [0, 0.05) is 12.0 Å². The molecule has 2 aromatic carbocycles. The Bertz CT molecular complexity index is 792. The summed E-state index contributed by atoms with van der Waals surface area (Å²) in [6, 6.07) is 17.0. The first kappa shape index (κ1) is 16.3. The second kappa shape index (κ2) is 6.30. The Morgan fingerprint density at radius 3 is 2.20 bits per heavy atom. The van der Waals surface area contributed by atoms with Gasteiger partial charge in [0.2, 0.25) is 0 Å². The predicted molar refractivity (Wildman–Crippen MR) is 102 cm³/mol. The van der Waals surface area contributed by atoms with E-state index in [-0.39, 0.29) is 0 Å². The van der Waals surface area contributed by atoms with Gasteiger partial charge in [-0.1, -0.05) is 47.5 Å². The first-order chi connectivity index (χ1) is 12.1. The Kier molecular flexibility index (Phi) is 4.12. The minimum absolute atomic E-state index is 0.592. The summed E-state index contributed by atoms with van der Waals surface area (Å²) in [5, 5.41) is 11.7. The molecule has 130 valence electrons. The minimum atomic E-state index is -0.946. The van der Waals surface area contributed by atoms with E-state index in [9.17, 15) is 5.11 Å². The summed E-state index contributed by atoms with van der Waals surface area (Å²) in [5.74, 6) is 1.27. The first-order valence-electron chi connectivity index (χ1n) is 9.35. The van der Waals surface area contributed by atoms with Gasteiger partial charge in [-0.05, 0) is 45.2 Å². The van der Waals surface area contributed by atoms with Gasteiger partial charge in [0.1, 0.15) is 5.69 Å². The van der Waals surface area contributed by atoms with Gasteiger partial charge in [0.25, 0.3) is 11.6 Å². The summed E-state index contributed by atoms with van der Waals surface area (Å²) < 4.78 is 2.25. The average Bonchev–Trinajstić information content (AvgIpc) is 2.78. The number of rotatable bonds is 2. The highest BCUT2D eigenvalue weighted by atomic mass is 16.3. The fourth-order valence-corrected chi connectivity index (χ4v) is 4.10. The molecule has 4 rings (SSSR count). The molecule has 0 saturated carbocycles. The van der Waals surface area contributed by atoms with Gasteiger partial charge in [0.05, 0.1) is 6.54 Å². The lowest BCUT2D eigenvalue weighted by Gasteiger charge is -2.23. The molecule has 0 saturated heterocycles. The van der Waals surface area contributed by atoms with Crippen molar-refractivity contribution < 1.29 is 9.68 Å². The zero-order chi connectivity index (χ0) is 17.4. The monoisotopic (exact) mass is 335 g/mol. The fraction of sp³-hybridized carbons (Fsp3) is 0.409. The van der Waals surface area contributed by atoms with Gasteiger partial charge in [-0.2, -0.15) is 0 Å². The Labute approximate surface area is 150 Å². The maximum atomic E-state index is 11.7. The maximum absolute atomic E-state index is 11.7. The summed E-state index contributed by atoms with van der Waals surface area (Å²) in [4.78, 5) is 2.32. The summed E-state index contributed by atoms with van der Waals surface area (Å²) in [5.41, 5.74) is 3.71. The van der Waals surface area contributed by atoms with E-state index in [2.05, 4.69) is 71.9 Å². The topological polar surface area (TPSA) is 26.5 Å². The average molecular weight is 335 g/mol. The molecule has 2 aliphatic heterocycles. The van der Waals surface area contributed by atoms with Crippen LogP contribution in [0.25, 0.3) is 0 Å². The normalized spacial score (nSPS) is 23.6. The van der Waals surface area contributed by atoms with Crippen molar-refractivity contribution in [1.29, 1.82) is 0 Å². The van der Waals surface area contributed by atoms with Crippen molar-refractivity contribution in [3.05, 3.63) is 65.2 Å². The van der Waals surface area contributed by atoms with E-state index in [0.717, 1.165) is 24.9 Å². The second-order valence-electron chi connectivity index (χ2n) is 7.48. The number of anilines is 1. The molecular formula is C22H27N2O+. The summed E-state index contributed by atoms with van der Waals surface area (Å²) in [6.07, 6.45) is 4.59. The molecule has 0 spiro atoms. The predicted octanol–water partition coefficient (Wildman–Crippen LogP) is 3.95. The molecule has 1 atom stereocenters. The molecule has 1 unspecified atom stereocenters. The number of β-amino-alcohol motifs (C(OH)–C–C–N with tert-alkyl or cyclic N) is 1. The SMILES string of the molecule is Cc1ccc(N2CC(O)(c3ccc(C)cc3)[N+]3=C2CCCCC3)cc1. The van der Waals surface area contributed by atoms with Crippen LogP contribution in [0.4, 0.5) is 5.69 Å². The van der Waals surface area contributed by atoms with E-state index in [0.29, 0.717) is 6.54 Å². The van der Waals surface area contributed by atoms with Gasteiger partial charge in [-0.3, -0.25) is 0 Å². The van der Waals surface area contributed by atoms with E-state index in [1.165, 1.54) is 35.5 Å². The number of hydrogen-bond donors (Lipinski definition) is 1. The first-order valence-corrected chi connectivity index (χ1v) is 9.35. The number of hydrogen-bond acceptors (Lipinski definition) is 2. The molecule has 3 heteroatoms. The van der Waals surface area contributed by atoms with Gasteiger partial charge in [-0.25, -0.2) is 9.48 Å². The molecule has 2 aliphatic rings. The molecule has 2 heterocycles. The lowest BCUT2D eigenvalue weighted by atomic mass is 10.0. The Morgan fingerprint density at radius 1 is 0.880 bits per heavy atom. The standard InChI is InChI=1S/C22H27N2O/c1-17-7-11-19(12-8-17)22(25)16-23(20-13-9-18(2)10-14-20)21-6-4-3-5-15-24(21)22/h7-14,25H,3-6,15-16H2,1-2H3/q+1. The van der Waals surface area contributed by atoms with E-state index in [1.54, 1.807) is 0 Å². The van der Waals surface area contributed by atoms with Crippen LogP contribution in [0, 0.1) is 13.8 Å². The molecule has 0 aromatic heterocycles. The summed E-state index contributed by atoms with van der Waals surface area (Å²) in [6.45, 7) is 5.71. The zero-order valence-corrected chi connectivity index (χ0v) is 15.2. The molecule has 0 aliphatic carbocycles. The number of amidine groups is 1. The van der Waals surface area contributed by atoms with Crippen LogP contribution < -0.4 is 4.90 Å². The Morgan fingerprint density at radius 2 is 1.52 bits per heavy atom. The van der Waals surface area contributed by atoms with Crippen molar-refractivity contribution in [3.8, 4) is 0 Å². The minimum Gasteiger partial charge on any atom is -0.346 e. The highest BCUT2D eigenvalue weighted by molar-refractivity contribution is 5.95.